The molecule has 1 heterocycles. The molecule has 0 radical (unpaired) electrons. The standard InChI is InChI=1S/C19H26N4O3/c1-19(2,11-24)23-17(26)15-5-3-4-12-10-20-18(22-16(12)15)21-13-6-8-14(25)9-7-13/h3-5,10,13-14,24-25H,6-9,11H2,1-2H3,(H,23,26)(H,20,21,22). The van der Waals surface area contributed by atoms with Crippen LogP contribution in [0.3, 0.4) is 0 Å². The SMILES string of the molecule is CC(C)(CO)NC(=O)c1cccc2cnc(NC3CCC(O)CC3)nc12. The Morgan fingerprint density at radius 1 is 1.27 bits per heavy atom. The number of aromatic nitrogens is 2. The number of amides is 1. The number of hydrogen-bond acceptors (Lipinski definition) is 6. The van der Waals surface area contributed by atoms with E-state index in [9.17, 15) is 15.0 Å². The zero-order valence-electron chi connectivity index (χ0n) is 15.2. The summed E-state index contributed by atoms with van der Waals surface area (Å²) < 4.78 is 0. The predicted octanol–water partition coefficient (Wildman–Crippen LogP) is 1.85. The first kappa shape index (κ1) is 18.5. The molecule has 1 fully saturated rings. The van der Waals surface area contributed by atoms with Crippen molar-refractivity contribution in [1.29, 1.82) is 0 Å². The number of para-hydroxylation sites is 1. The number of aliphatic hydroxyl groups is 2. The third-order valence-electron chi connectivity index (χ3n) is 4.73. The second-order valence-corrected chi connectivity index (χ2v) is 7.58. The number of carbonyl (C=O) groups excluding carboxylic acids is 1. The fourth-order valence-electron chi connectivity index (χ4n) is 3.13. The number of carbonyl (C=O) groups is 1. The molecule has 1 aromatic heterocycles. The molecule has 1 aromatic carbocycles. The Labute approximate surface area is 152 Å². The van der Waals surface area contributed by atoms with Crippen LogP contribution in [0.15, 0.2) is 24.4 Å². The molecular formula is C19H26N4O3. The molecule has 1 saturated carbocycles. The van der Waals surface area contributed by atoms with Gasteiger partial charge in [0.25, 0.3) is 5.91 Å². The molecule has 4 N–H and O–H groups in total. The molecule has 0 saturated heterocycles. The zero-order valence-corrected chi connectivity index (χ0v) is 15.2. The Balaban J connectivity index is 1.84. The third-order valence-corrected chi connectivity index (χ3v) is 4.73. The van der Waals surface area contributed by atoms with Gasteiger partial charge in [-0.3, -0.25) is 4.79 Å². The number of hydrogen-bond donors (Lipinski definition) is 4. The van der Waals surface area contributed by atoms with Gasteiger partial charge in [0, 0.05) is 17.6 Å². The van der Waals surface area contributed by atoms with Crippen molar-refractivity contribution in [3.8, 4) is 0 Å². The van der Waals surface area contributed by atoms with Gasteiger partial charge in [-0.05, 0) is 45.6 Å². The van der Waals surface area contributed by atoms with E-state index < -0.39 is 5.54 Å². The van der Waals surface area contributed by atoms with E-state index in [1.165, 1.54) is 0 Å². The summed E-state index contributed by atoms with van der Waals surface area (Å²) in [6.45, 7) is 3.36. The summed E-state index contributed by atoms with van der Waals surface area (Å²) in [5, 5.41) is 25.9. The van der Waals surface area contributed by atoms with Crippen LogP contribution >= 0.6 is 0 Å². The van der Waals surface area contributed by atoms with E-state index in [1.54, 1.807) is 32.2 Å². The highest BCUT2D eigenvalue weighted by Crippen LogP contribution is 2.23. The number of nitrogens with one attached hydrogen (secondary N) is 2. The molecule has 140 valence electrons. The molecule has 1 aliphatic rings. The maximum atomic E-state index is 12.6. The average molecular weight is 358 g/mol. The number of anilines is 1. The van der Waals surface area contributed by atoms with E-state index in [0.717, 1.165) is 31.1 Å². The van der Waals surface area contributed by atoms with Crippen LogP contribution in [-0.4, -0.2) is 50.4 Å². The lowest BCUT2D eigenvalue weighted by Gasteiger charge is -2.26. The molecule has 3 rings (SSSR count). The fraction of sp³-hybridized carbons (Fsp3) is 0.526. The van der Waals surface area contributed by atoms with E-state index >= 15 is 0 Å². The molecule has 0 aliphatic heterocycles. The van der Waals surface area contributed by atoms with Crippen LogP contribution in [0.5, 0.6) is 0 Å². The minimum Gasteiger partial charge on any atom is -0.394 e. The number of fused-ring (bicyclic) bond motifs is 1. The molecule has 0 bridgehead atoms. The van der Waals surface area contributed by atoms with Crippen molar-refractivity contribution in [1.82, 2.24) is 15.3 Å². The Kier molecular flexibility index (Phi) is 5.38. The first-order valence-corrected chi connectivity index (χ1v) is 9.02. The van der Waals surface area contributed by atoms with E-state index in [4.69, 9.17) is 0 Å². The minimum absolute atomic E-state index is 0.154. The van der Waals surface area contributed by atoms with Gasteiger partial charge in [-0.25, -0.2) is 9.97 Å². The van der Waals surface area contributed by atoms with Crippen LogP contribution in [0.4, 0.5) is 5.95 Å². The molecule has 26 heavy (non-hydrogen) atoms. The molecule has 0 unspecified atom stereocenters. The summed E-state index contributed by atoms with van der Waals surface area (Å²) in [5.74, 6) is 0.209. The topological polar surface area (TPSA) is 107 Å². The van der Waals surface area contributed by atoms with Crippen LogP contribution in [0.2, 0.25) is 0 Å². The molecule has 1 aliphatic carbocycles. The number of rotatable bonds is 5. The molecular weight excluding hydrogens is 332 g/mol. The van der Waals surface area contributed by atoms with Gasteiger partial charge in [0.15, 0.2) is 0 Å². The molecule has 1 amide bonds. The van der Waals surface area contributed by atoms with E-state index in [0.29, 0.717) is 17.0 Å². The molecule has 0 atom stereocenters. The highest BCUT2D eigenvalue weighted by molar-refractivity contribution is 6.05. The summed E-state index contributed by atoms with van der Waals surface area (Å²) in [4.78, 5) is 21.6. The van der Waals surface area contributed by atoms with Gasteiger partial charge < -0.3 is 20.8 Å². The summed E-state index contributed by atoms with van der Waals surface area (Å²) in [6.07, 6.45) is 4.78. The van der Waals surface area contributed by atoms with Gasteiger partial charge >= 0.3 is 0 Å². The summed E-state index contributed by atoms with van der Waals surface area (Å²) >= 11 is 0. The van der Waals surface area contributed by atoms with Gasteiger partial charge in [-0.1, -0.05) is 12.1 Å². The van der Waals surface area contributed by atoms with Gasteiger partial charge in [-0.15, -0.1) is 0 Å². The maximum Gasteiger partial charge on any atom is 0.253 e. The zero-order chi connectivity index (χ0) is 18.7. The van der Waals surface area contributed by atoms with Crippen LogP contribution in [0.1, 0.15) is 49.9 Å². The van der Waals surface area contributed by atoms with Crippen molar-refractivity contribution in [2.45, 2.75) is 57.2 Å². The molecule has 7 heteroatoms. The lowest BCUT2D eigenvalue weighted by Crippen LogP contribution is -2.46. The van der Waals surface area contributed by atoms with E-state index in [1.807, 2.05) is 6.07 Å². The third kappa shape index (κ3) is 4.28. The van der Waals surface area contributed by atoms with E-state index in [2.05, 4.69) is 20.6 Å². The maximum absolute atomic E-state index is 12.6. The lowest BCUT2D eigenvalue weighted by atomic mass is 9.93. The van der Waals surface area contributed by atoms with Gasteiger partial charge in [0.05, 0.1) is 29.3 Å². The highest BCUT2D eigenvalue weighted by Gasteiger charge is 2.23. The second kappa shape index (κ2) is 7.55. The molecule has 2 aromatic rings. The predicted molar refractivity (Wildman–Crippen MR) is 100 cm³/mol. The summed E-state index contributed by atoms with van der Waals surface area (Å²) in [7, 11) is 0. The van der Waals surface area contributed by atoms with Crippen molar-refractivity contribution >= 4 is 22.8 Å². The first-order valence-electron chi connectivity index (χ1n) is 9.02. The van der Waals surface area contributed by atoms with Crippen molar-refractivity contribution in [2.75, 3.05) is 11.9 Å². The minimum atomic E-state index is -0.712. The Bertz CT molecular complexity index is 785. The average Bonchev–Trinajstić information content (AvgIpc) is 2.62. The summed E-state index contributed by atoms with van der Waals surface area (Å²) in [5.41, 5.74) is 0.316. The summed E-state index contributed by atoms with van der Waals surface area (Å²) in [6, 6.07) is 5.61. The Morgan fingerprint density at radius 3 is 2.69 bits per heavy atom. The largest absolute Gasteiger partial charge is 0.394 e. The number of nitrogens with zero attached hydrogens (tertiary/aromatic N) is 2. The van der Waals surface area contributed by atoms with Gasteiger partial charge in [-0.2, -0.15) is 0 Å². The van der Waals surface area contributed by atoms with Gasteiger partial charge in [0.2, 0.25) is 5.95 Å². The van der Waals surface area contributed by atoms with Crippen LogP contribution in [0, 0.1) is 0 Å². The number of aliphatic hydroxyl groups excluding tert-OH is 2. The molecule has 7 nitrogen and oxygen atoms in total. The molecule has 0 spiro atoms. The quantitative estimate of drug-likeness (QED) is 0.650. The van der Waals surface area contributed by atoms with Crippen molar-refractivity contribution < 1.29 is 15.0 Å². The van der Waals surface area contributed by atoms with Gasteiger partial charge in [0.1, 0.15) is 0 Å². The first-order chi connectivity index (χ1) is 12.4. The van der Waals surface area contributed by atoms with Crippen LogP contribution in [0.25, 0.3) is 10.9 Å². The smallest absolute Gasteiger partial charge is 0.253 e. The Hall–Kier alpha value is -2.25. The van der Waals surface area contributed by atoms with Crippen LogP contribution in [-0.2, 0) is 0 Å². The number of benzene rings is 1. The van der Waals surface area contributed by atoms with Crippen molar-refractivity contribution in [2.24, 2.45) is 0 Å². The van der Waals surface area contributed by atoms with Crippen molar-refractivity contribution in [3.05, 3.63) is 30.0 Å². The highest BCUT2D eigenvalue weighted by atomic mass is 16.3. The normalized spacial score (nSPS) is 20.8. The second-order valence-electron chi connectivity index (χ2n) is 7.58. The monoisotopic (exact) mass is 358 g/mol. The van der Waals surface area contributed by atoms with Crippen molar-refractivity contribution in [3.63, 3.8) is 0 Å². The fourth-order valence-corrected chi connectivity index (χ4v) is 3.13. The lowest BCUT2D eigenvalue weighted by molar-refractivity contribution is 0.0871. The van der Waals surface area contributed by atoms with E-state index in [-0.39, 0.29) is 24.7 Å². The Morgan fingerprint density at radius 2 is 2.00 bits per heavy atom. The van der Waals surface area contributed by atoms with Crippen LogP contribution < -0.4 is 10.6 Å².